The zero-order chi connectivity index (χ0) is 11.7. The van der Waals surface area contributed by atoms with Gasteiger partial charge in [-0.1, -0.05) is 15.9 Å². The number of nitrogens with one attached hydrogen (secondary N) is 2. The van der Waals surface area contributed by atoms with Crippen LogP contribution in [0.2, 0.25) is 0 Å². The number of rotatable bonds is 4. The van der Waals surface area contributed by atoms with Gasteiger partial charge in [-0.3, -0.25) is 5.10 Å². The monoisotopic (exact) mass is 295 g/mol. The van der Waals surface area contributed by atoms with E-state index in [1.807, 2.05) is 0 Å². The number of aryl methyl sites for hydroxylation is 1. The Morgan fingerprint density at radius 1 is 1.60 bits per heavy atom. The van der Waals surface area contributed by atoms with Crippen molar-refractivity contribution in [1.29, 1.82) is 0 Å². The van der Waals surface area contributed by atoms with E-state index in [1.54, 1.807) is 20.8 Å². The molecule has 0 bridgehead atoms. The van der Waals surface area contributed by atoms with Crippen molar-refractivity contribution in [2.24, 2.45) is 0 Å². The zero-order valence-corrected chi connectivity index (χ0v) is 11.2. The van der Waals surface area contributed by atoms with Crippen LogP contribution in [0.1, 0.15) is 19.5 Å². The molecule has 0 unspecified atom stereocenters. The smallest absolute Gasteiger partial charge is 0.244 e. The van der Waals surface area contributed by atoms with Gasteiger partial charge in [-0.2, -0.15) is 5.10 Å². The quantitative estimate of drug-likeness (QED) is 0.819. The Kier molecular flexibility index (Phi) is 3.57. The van der Waals surface area contributed by atoms with Crippen molar-refractivity contribution in [3.05, 3.63) is 11.9 Å². The highest BCUT2D eigenvalue weighted by Gasteiger charge is 2.27. The number of nitrogens with zero attached hydrogens (tertiary/aromatic N) is 1. The van der Waals surface area contributed by atoms with E-state index < -0.39 is 15.6 Å². The first-order chi connectivity index (χ1) is 6.78. The van der Waals surface area contributed by atoms with E-state index in [4.69, 9.17) is 0 Å². The summed E-state index contributed by atoms with van der Waals surface area (Å²) in [4.78, 5) is 0.191. The molecule has 0 aliphatic heterocycles. The summed E-state index contributed by atoms with van der Waals surface area (Å²) in [6.07, 6.45) is 1.31. The number of hydrogen-bond donors (Lipinski definition) is 2. The van der Waals surface area contributed by atoms with Crippen LogP contribution in [0.15, 0.2) is 11.1 Å². The van der Waals surface area contributed by atoms with Crippen LogP contribution in [0.3, 0.4) is 0 Å². The van der Waals surface area contributed by atoms with E-state index in [0.717, 1.165) is 0 Å². The summed E-state index contributed by atoms with van der Waals surface area (Å²) in [6.45, 7) is 5.27. The van der Waals surface area contributed by atoms with E-state index in [2.05, 4.69) is 30.8 Å². The summed E-state index contributed by atoms with van der Waals surface area (Å²) in [6, 6.07) is 0. The molecule has 0 radical (unpaired) electrons. The molecule has 0 atom stereocenters. The van der Waals surface area contributed by atoms with Gasteiger partial charge in [0.05, 0.1) is 11.9 Å². The Labute approximate surface area is 97.8 Å². The van der Waals surface area contributed by atoms with Gasteiger partial charge in [-0.05, 0) is 20.8 Å². The minimum Gasteiger partial charge on any atom is -0.281 e. The van der Waals surface area contributed by atoms with Crippen molar-refractivity contribution in [1.82, 2.24) is 14.9 Å². The van der Waals surface area contributed by atoms with Crippen LogP contribution in [-0.4, -0.2) is 29.5 Å². The molecule has 0 aromatic carbocycles. The van der Waals surface area contributed by atoms with E-state index in [1.165, 1.54) is 6.20 Å². The average Bonchev–Trinajstić information content (AvgIpc) is 2.50. The Morgan fingerprint density at radius 2 is 2.20 bits per heavy atom. The highest BCUT2D eigenvalue weighted by molar-refractivity contribution is 9.09. The maximum Gasteiger partial charge on any atom is 0.244 e. The molecule has 0 saturated carbocycles. The molecule has 0 aliphatic rings. The molecule has 7 heteroatoms. The highest BCUT2D eigenvalue weighted by Crippen LogP contribution is 2.15. The predicted octanol–water partition coefficient (Wildman–Crippen LogP) is 1.17. The van der Waals surface area contributed by atoms with Crippen molar-refractivity contribution >= 4 is 26.0 Å². The lowest BCUT2D eigenvalue weighted by atomic mass is 10.1. The minimum absolute atomic E-state index is 0.191. The molecular weight excluding hydrogens is 282 g/mol. The fourth-order valence-corrected chi connectivity index (χ4v) is 2.93. The van der Waals surface area contributed by atoms with Gasteiger partial charge >= 0.3 is 0 Å². The van der Waals surface area contributed by atoms with Gasteiger partial charge in [0.1, 0.15) is 4.90 Å². The molecule has 0 amide bonds. The lowest BCUT2D eigenvalue weighted by Gasteiger charge is -2.22. The van der Waals surface area contributed by atoms with Crippen LogP contribution in [0, 0.1) is 6.92 Å². The fourth-order valence-electron chi connectivity index (χ4n) is 1.06. The van der Waals surface area contributed by atoms with Crippen molar-refractivity contribution in [2.75, 3.05) is 5.33 Å². The first-order valence-electron chi connectivity index (χ1n) is 4.38. The minimum atomic E-state index is -3.49. The van der Waals surface area contributed by atoms with Gasteiger partial charge in [0.25, 0.3) is 0 Å². The number of hydrogen-bond acceptors (Lipinski definition) is 3. The van der Waals surface area contributed by atoms with Gasteiger partial charge in [-0.25, -0.2) is 13.1 Å². The molecule has 2 N–H and O–H groups in total. The molecule has 86 valence electrons. The van der Waals surface area contributed by atoms with Gasteiger partial charge in [0.2, 0.25) is 10.0 Å². The summed E-state index contributed by atoms with van der Waals surface area (Å²) >= 11 is 3.25. The third kappa shape index (κ3) is 3.02. The standard InChI is InChI=1S/C8H14BrN3O2S/c1-6-7(4-10-11-6)15(13,14)12-8(2,3)5-9/h4,12H,5H2,1-3H3,(H,10,11). The summed E-state index contributed by atoms with van der Waals surface area (Å²) < 4.78 is 26.4. The average molecular weight is 296 g/mol. The van der Waals surface area contributed by atoms with Crippen molar-refractivity contribution in [2.45, 2.75) is 31.2 Å². The second-order valence-corrected chi connectivity index (χ2v) is 6.19. The maximum atomic E-state index is 11.9. The Morgan fingerprint density at radius 3 is 2.60 bits per heavy atom. The van der Waals surface area contributed by atoms with Crippen molar-refractivity contribution in [3.8, 4) is 0 Å². The molecule has 0 spiro atoms. The second kappa shape index (κ2) is 4.23. The zero-order valence-electron chi connectivity index (χ0n) is 8.83. The second-order valence-electron chi connectivity index (χ2n) is 3.98. The molecule has 1 aromatic rings. The molecular formula is C8H14BrN3O2S. The predicted molar refractivity (Wildman–Crippen MR) is 61.5 cm³/mol. The van der Waals surface area contributed by atoms with Gasteiger partial charge in [0, 0.05) is 10.9 Å². The van der Waals surface area contributed by atoms with E-state index in [-0.39, 0.29) is 4.90 Å². The molecule has 0 fully saturated rings. The summed E-state index contributed by atoms with van der Waals surface area (Å²) in [5, 5.41) is 6.82. The number of aromatic amines is 1. The van der Waals surface area contributed by atoms with E-state index in [0.29, 0.717) is 11.0 Å². The largest absolute Gasteiger partial charge is 0.281 e. The molecule has 0 saturated heterocycles. The van der Waals surface area contributed by atoms with Gasteiger partial charge < -0.3 is 0 Å². The van der Waals surface area contributed by atoms with E-state index >= 15 is 0 Å². The number of H-pyrrole nitrogens is 1. The van der Waals surface area contributed by atoms with Gasteiger partial charge in [0.15, 0.2) is 0 Å². The Balaban J connectivity index is 3.01. The van der Waals surface area contributed by atoms with Gasteiger partial charge in [-0.15, -0.1) is 0 Å². The summed E-state index contributed by atoms with van der Waals surface area (Å²) in [7, 11) is -3.49. The van der Waals surface area contributed by atoms with Crippen LogP contribution >= 0.6 is 15.9 Å². The third-order valence-corrected chi connectivity index (χ3v) is 5.03. The molecule has 1 aromatic heterocycles. The lowest BCUT2D eigenvalue weighted by molar-refractivity contribution is 0.500. The topological polar surface area (TPSA) is 74.8 Å². The van der Waals surface area contributed by atoms with Crippen LogP contribution in [-0.2, 0) is 10.0 Å². The number of alkyl halides is 1. The van der Waals surface area contributed by atoms with Crippen LogP contribution < -0.4 is 4.72 Å². The normalized spacial score (nSPS) is 13.1. The molecule has 15 heavy (non-hydrogen) atoms. The Bertz CT molecular complexity index is 438. The molecule has 1 rings (SSSR count). The number of sulfonamides is 1. The van der Waals surface area contributed by atoms with Crippen LogP contribution in [0.5, 0.6) is 0 Å². The fraction of sp³-hybridized carbons (Fsp3) is 0.625. The maximum absolute atomic E-state index is 11.9. The van der Waals surface area contributed by atoms with Crippen LogP contribution in [0.25, 0.3) is 0 Å². The number of aromatic nitrogens is 2. The number of halogens is 1. The molecule has 0 aliphatic carbocycles. The summed E-state index contributed by atoms with van der Waals surface area (Å²) in [5.41, 5.74) is 0.00981. The highest BCUT2D eigenvalue weighted by atomic mass is 79.9. The van der Waals surface area contributed by atoms with Crippen LogP contribution in [0.4, 0.5) is 0 Å². The molecule has 5 nitrogen and oxygen atoms in total. The molecule has 1 heterocycles. The van der Waals surface area contributed by atoms with Crippen molar-refractivity contribution < 1.29 is 8.42 Å². The van der Waals surface area contributed by atoms with Crippen molar-refractivity contribution in [3.63, 3.8) is 0 Å². The first-order valence-corrected chi connectivity index (χ1v) is 6.99. The third-order valence-electron chi connectivity index (χ3n) is 1.82. The SMILES string of the molecule is Cc1[nH]ncc1S(=O)(=O)NC(C)(C)CBr. The summed E-state index contributed by atoms with van der Waals surface area (Å²) in [5.74, 6) is 0. The van der Waals surface area contributed by atoms with E-state index in [9.17, 15) is 8.42 Å². The Hall–Kier alpha value is -0.400. The lowest BCUT2D eigenvalue weighted by Crippen LogP contribution is -2.44. The first kappa shape index (κ1) is 12.7.